The van der Waals surface area contributed by atoms with E-state index in [0.717, 1.165) is 35.3 Å². The van der Waals surface area contributed by atoms with Crippen LogP contribution in [0.25, 0.3) is 10.9 Å². The quantitative estimate of drug-likeness (QED) is 0.941. The highest BCUT2D eigenvalue weighted by Crippen LogP contribution is 2.42. The number of fused-ring (bicyclic) bond motifs is 4. The minimum Gasteiger partial charge on any atom is -0.387 e. The van der Waals surface area contributed by atoms with Gasteiger partial charge in [-0.1, -0.05) is 25.1 Å². The normalized spacial score (nSPS) is 32.3. The van der Waals surface area contributed by atoms with Gasteiger partial charge in [0.2, 0.25) is 0 Å². The van der Waals surface area contributed by atoms with Gasteiger partial charge in [-0.3, -0.25) is 9.88 Å². The molecule has 22 heavy (non-hydrogen) atoms. The fourth-order valence-corrected chi connectivity index (χ4v) is 4.57. The molecule has 4 heterocycles. The average Bonchev–Trinajstić information content (AvgIpc) is 2.60. The van der Waals surface area contributed by atoms with Gasteiger partial charge in [0.25, 0.3) is 0 Å². The first kappa shape index (κ1) is 14.2. The van der Waals surface area contributed by atoms with E-state index in [2.05, 4.69) is 22.9 Å². The van der Waals surface area contributed by atoms with Crippen LogP contribution >= 0.6 is 0 Å². The lowest BCUT2D eigenvalue weighted by atomic mass is 9.75. The lowest BCUT2D eigenvalue weighted by Gasteiger charge is -2.52. The maximum atomic E-state index is 11.1. The van der Waals surface area contributed by atoms with Crippen molar-refractivity contribution in [1.29, 1.82) is 0 Å². The summed E-state index contributed by atoms with van der Waals surface area (Å²) in [7, 11) is 0. The highest BCUT2D eigenvalue weighted by Gasteiger charge is 2.42. The van der Waals surface area contributed by atoms with Gasteiger partial charge in [0.15, 0.2) is 0 Å². The van der Waals surface area contributed by atoms with Gasteiger partial charge in [-0.25, -0.2) is 0 Å². The van der Waals surface area contributed by atoms with Crippen molar-refractivity contribution in [2.75, 3.05) is 6.54 Å². The van der Waals surface area contributed by atoms with Gasteiger partial charge < -0.3 is 5.11 Å². The molecule has 0 aliphatic carbocycles. The van der Waals surface area contributed by atoms with Gasteiger partial charge in [-0.05, 0) is 55.8 Å². The van der Waals surface area contributed by atoms with Crippen LogP contribution in [0.5, 0.6) is 0 Å². The zero-order chi connectivity index (χ0) is 15.1. The van der Waals surface area contributed by atoms with E-state index < -0.39 is 6.10 Å². The van der Waals surface area contributed by atoms with Crippen LogP contribution in [0.4, 0.5) is 0 Å². The molecule has 0 radical (unpaired) electrons. The Kier molecular flexibility index (Phi) is 3.63. The van der Waals surface area contributed by atoms with E-state index in [1.54, 1.807) is 0 Å². The molecular weight excluding hydrogens is 272 g/mol. The van der Waals surface area contributed by atoms with Gasteiger partial charge in [-0.15, -0.1) is 0 Å². The lowest BCUT2D eigenvalue weighted by molar-refractivity contribution is -0.0616. The molecule has 0 spiro atoms. The third-order valence-electron chi connectivity index (χ3n) is 5.71. The van der Waals surface area contributed by atoms with Crippen molar-refractivity contribution in [3.8, 4) is 0 Å². The van der Waals surface area contributed by atoms with Crippen LogP contribution in [0.1, 0.15) is 44.3 Å². The summed E-state index contributed by atoms with van der Waals surface area (Å²) in [5.41, 5.74) is 2.01. The van der Waals surface area contributed by atoms with Crippen molar-refractivity contribution < 1.29 is 5.11 Å². The van der Waals surface area contributed by atoms with Crippen LogP contribution in [0.15, 0.2) is 36.5 Å². The number of aliphatic hydroxyl groups is 1. The van der Waals surface area contributed by atoms with Gasteiger partial charge in [0.05, 0.1) is 11.6 Å². The number of rotatable bonds is 3. The molecule has 1 aromatic carbocycles. The first-order chi connectivity index (χ1) is 10.8. The summed E-state index contributed by atoms with van der Waals surface area (Å²) >= 11 is 0. The summed E-state index contributed by atoms with van der Waals surface area (Å²) in [5.74, 6) is 0.794. The Morgan fingerprint density at radius 3 is 2.95 bits per heavy atom. The molecule has 3 heteroatoms. The number of hydrogen-bond acceptors (Lipinski definition) is 3. The van der Waals surface area contributed by atoms with Crippen LogP contribution < -0.4 is 0 Å². The zero-order valence-electron chi connectivity index (χ0n) is 13.2. The fourth-order valence-electron chi connectivity index (χ4n) is 4.57. The molecule has 3 fully saturated rings. The first-order valence-corrected chi connectivity index (χ1v) is 8.55. The number of piperidine rings is 3. The molecule has 2 bridgehead atoms. The highest BCUT2D eigenvalue weighted by molar-refractivity contribution is 5.82. The summed E-state index contributed by atoms with van der Waals surface area (Å²) in [4.78, 5) is 6.99. The van der Waals surface area contributed by atoms with Crippen LogP contribution in [-0.4, -0.2) is 33.6 Å². The molecule has 0 saturated carbocycles. The van der Waals surface area contributed by atoms with Crippen LogP contribution in [-0.2, 0) is 0 Å². The zero-order valence-corrected chi connectivity index (χ0v) is 13.2. The summed E-state index contributed by atoms with van der Waals surface area (Å²) < 4.78 is 0. The smallest absolute Gasteiger partial charge is 0.0952 e. The Hall–Kier alpha value is -1.45. The Balaban J connectivity index is 1.70. The SMILES string of the molecule is CCC1CC2CCN1C(C(O)c1ccnc3ccccc13)C2. The first-order valence-electron chi connectivity index (χ1n) is 8.55. The second kappa shape index (κ2) is 5.64. The van der Waals surface area contributed by atoms with E-state index in [1.165, 1.54) is 19.3 Å². The number of pyridine rings is 1. The largest absolute Gasteiger partial charge is 0.387 e. The van der Waals surface area contributed by atoms with Crippen molar-refractivity contribution in [1.82, 2.24) is 9.88 Å². The van der Waals surface area contributed by atoms with Crippen molar-refractivity contribution in [3.05, 3.63) is 42.1 Å². The van der Waals surface area contributed by atoms with Crippen LogP contribution in [0, 0.1) is 5.92 Å². The molecular formula is C19H24N2O. The number of nitrogens with zero attached hydrogens (tertiary/aromatic N) is 2. The lowest BCUT2D eigenvalue weighted by Crippen LogP contribution is -2.56. The van der Waals surface area contributed by atoms with Gasteiger partial charge >= 0.3 is 0 Å². The molecule has 5 rings (SSSR count). The minimum absolute atomic E-state index is 0.267. The third-order valence-corrected chi connectivity index (χ3v) is 5.71. The topological polar surface area (TPSA) is 36.4 Å². The second-order valence-corrected chi connectivity index (χ2v) is 6.86. The Labute approximate surface area is 132 Å². The van der Waals surface area contributed by atoms with Crippen molar-refractivity contribution in [3.63, 3.8) is 0 Å². The average molecular weight is 296 g/mol. The molecule has 3 saturated heterocycles. The maximum absolute atomic E-state index is 11.1. The number of hydrogen-bond donors (Lipinski definition) is 1. The molecule has 5 atom stereocenters. The van der Waals surface area contributed by atoms with E-state index in [4.69, 9.17) is 0 Å². The van der Waals surface area contributed by atoms with Gasteiger partial charge in [-0.2, -0.15) is 0 Å². The van der Waals surface area contributed by atoms with Gasteiger partial charge in [0.1, 0.15) is 0 Å². The van der Waals surface area contributed by atoms with E-state index in [0.29, 0.717) is 6.04 Å². The third kappa shape index (κ3) is 2.24. The standard InChI is InChI=1S/C19H24N2O/c1-2-14-11-13-8-10-21(14)18(12-13)19(22)16-7-9-20-17-6-4-3-5-15(16)17/h3-7,9,13-14,18-19,22H,2,8,10-12H2,1H3. The van der Waals surface area contributed by atoms with E-state index >= 15 is 0 Å². The molecule has 2 aromatic rings. The van der Waals surface area contributed by atoms with E-state index in [9.17, 15) is 5.11 Å². The fraction of sp³-hybridized carbons (Fsp3) is 0.526. The molecule has 1 aromatic heterocycles. The number of para-hydroxylation sites is 1. The molecule has 3 nitrogen and oxygen atoms in total. The van der Waals surface area contributed by atoms with E-state index in [-0.39, 0.29) is 6.04 Å². The summed E-state index contributed by atoms with van der Waals surface area (Å²) in [6.45, 7) is 3.42. The number of benzene rings is 1. The number of aromatic nitrogens is 1. The molecule has 5 unspecified atom stereocenters. The Morgan fingerprint density at radius 2 is 2.14 bits per heavy atom. The Morgan fingerprint density at radius 1 is 1.27 bits per heavy atom. The molecule has 3 aliphatic heterocycles. The maximum Gasteiger partial charge on any atom is 0.0952 e. The van der Waals surface area contributed by atoms with E-state index in [1.807, 2.05) is 30.5 Å². The van der Waals surface area contributed by atoms with Gasteiger partial charge in [0, 0.05) is 23.7 Å². The predicted octanol–water partition coefficient (Wildman–Crippen LogP) is 3.53. The predicted molar refractivity (Wildman–Crippen MR) is 88.6 cm³/mol. The monoisotopic (exact) mass is 296 g/mol. The summed E-state index contributed by atoms with van der Waals surface area (Å²) in [6.07, 6.45) is 6.36. The molecule has 116 valence electrons. The van der Waals surface area contributed by atoms with Crippen LogP contribution in [0.3, 0.4) is 0 Å². The van der Waals surface area contributed by atoms with Crippen molar-refractivity contribution in [2.45, 2.75) is 50.8 Å². The minimum atomic E-state index is -0.412. The summed E-state index contributed by atoms with van der Waals surface area (Å²) in [5, 5.41) is 12.2. The van der Waals surface area contributed by atoms with Crippen molar-refractivity contribution in [2.24, 2.45) is 5.92 Å². The molecule has 0 amide bonds. The van der Waals surface area contributed by atoms with Crippen molar-refractivity contribution >= 4 is 10.9 Å². The highest BCUT2D eigenvalue weighted by atomic mass is 16.3. The van der Waals surface area contributed by atoms with Crippen LogP contribution in [0.2, 0.25) is 0 Å². The number of aliphatic hydroxyl groups excluding tert-OH is 1. The Bertz CT molecular complexity index is 666. The molecule has 3 aliphatic rings. The molecule has 1 N–H and O–H groups in total. The second-order valence-electron chi connectivity index (χ2n) is 6.86. The summed E-state index contributed by atoms with van der Waals surface area (Å²) in [6, 6.07) is 11.1.